The second kappa shape index (κ2) is 5.20. The number of aliphatic hydroxyl groups is 1. The van der Waals surface area contributed by atoms with E-state index in [4.69, 9.17) is 27.9 Å². The number of hydrogen-bond donors (Lipinski definition) is 1. The van der Waals surface area contributed by atoms with Crippen molar-refractivity contribution in [3.05, 3.63) is 63.1 Å². The van der Waals surface area contributed by atoms with Gasteiger partial charge in [0.1, 0.15) is 11.9 Å². The highest BCUT2D eigenvalue weighted by Gasteiger charge is 2.32. The van der Waals surface area contributed by atoms with Crippen LogP contribution in [0.3, 0.4) is 0 Å². The van der Waals surface area contributed by atoms with Crippen molar-refractivity contribution in [2.45, 2.75) is 25.4 Å². The molecule has 0 spiro atoms. The van der Waals surface area contributed by atoms with Gasteiger partial charge in [-0.25, -0.2) is 0 Å². The number of ether oxygens (including phenoxy) is 1. The van der Waals surface area contributed by atoms with Gasteiger partial charge in [0.05, 0.1) is 6.61 Å². The van der Waals surface area contributed by atoms with E-state index in [-0.39, 0.29) is 5.41 Å². The van der Waals surface area contributed by atoms with Crippen LogP contribution in [-0.2, 0) is 5.41 Å². The van der Waals surface area contributed by atoms with E-state index in [1.165, 1.54) is 0 Å². The third kappa shape index (κ3) is 2.52. The molecule has 2 nitrogen and oxygen atoms in total. The van der Waals surface area contributed by atoms with Gasteiger partial charge in [0.25, 0.3) is 0 Å². The van der Waals surface area contributed by atoms with Crippen LogP contribution in [0.25, 0.3) is 0 Å². The van der Waals surface area contributed by atoms with Crippen LogP contribution in [-0.4, -0.2) is 11.7 Å². The minimum absolute atomic E-state index is 0.0602. The minimum atomic E-state index is -0.854. The molecule has 0 bridgehead atoms. The first-order valence-corrected chi connectivity index (χ1v) is 7.55. The van der Waals surface area contributed by atoms with Gasteiger partial charge >= 0.3 is 0 Å². The predicted molar refractivity (Wildman–Crippen MR) is 85.5 cm³/mol. The number of rotatable bonds is 2. The molecule has 0 aromatic heterocycles. The molecular formula is C17H16Cl2O2. The van der Waals surface area contributed by atoms with Gasteiger partial charge in [-0.05, 0) is 29.8 Å². The van der Waals surface area contributed by atoms with E-state index < -0.39 is 6.10 Å². The summed E-state index contributed by atoms with van der Waals surface area (Å²) in [6.07, 6.45) is -0.854. The van der Waals surface area contributed by atoms with Gasteiger partial charge < -0.3 is 9.84 Å². The standard InChI is InChI=1S/C17H16Cl2O2/c1-17(2)9-21-14-7-6-10(8-11(14)17)16(20)15-12(18)4-3-5-13(15)19/h3-8,16,20H,9H2,1-2H3. The van der Waals surface area contributed by atoms with Crippen molar-refractivity contribution >= 4 is 23.2 Å². The van der Waals surface area contributed by atoms with E-state index in [2.05, 4.69) is 13.8 Å². The lowest BCUT2D eigenvalue weighted by molar-refractivity contribution is 0.220. The van der Waals surface area contributed by atoms with E-state index in [1.54, 1.807) is 18.2 Å². The molecule has 0 fully saturated rings. The molecule has 0 saturated heterocycles. The number of benzene rings is 2. The molecule has 1 aliphatic rings. The molecule has 110 valence electrons. The Labute approximate surface area is 134 Å². The van der Waals surface area contributed by atoms with E-state index in [1.807, 2.05) is 18.2 Å². The van der Waals surface area contributed by atoms with Gasteiger partial charge in [0, 0.05) is 26.6 Å². The van der Waals surface area contributed by atoms with Crippen LogP contribution in [0.5, 0.6) is 5.75 Å². The van der Waals surface area contributed by atoms with Crippen molar-refractivity contribution in [3.63, 3.8) is 0 Å². The van der Waals surface area contributed by atoms with Gasteiger partial charge in [-0.3, -0.25) is 0 Å². The lowest BCUT2D eigenvalue weighted by atomic mass is 9.85. The summed E-state index contributed by atoms with van der Waals surface area (Å²) in [5.41, 5.74) is 2.34. The van der Waals surface area contributed by atoms with Crippen molar-refractivity contribution in [1.29, 1.82) is 0 Å². The van der Waals surface area contributed by atoms with E-state index >= 15 is 0 Å². The predicted octanol–water partition coefficient (Wildman–Crippen LogP) is 4.75. The Morgan fingerprint density at radius 1 is 1.14 bits per heavy atom. The third-order valence-corrected chi connectivity index (χ3v) is 4.57. The molecule has 1 heterocycles. The minimum Gasteiger partial charge on any atom is -0.492 e. The largest absolute Gasteiger partial charge is 0.492 e. The fourth-order valence-electron chi connectivity index (χ4n) is 2.65. The summed E-state index contributed by atoms with van der Waals surface area (Å²) in [7, 11) is 0. The quantitative estimate of drug-likeness (QED) is 0.864. The monoisotopic (exact) mass is 322 g/mol. The average molecular weight is 323 g/mol. The maximum absolute atomic E-state index is 10.6. The lowest BCUT2D eigenvalue weighted by Crippen LogP contribution is -2.18. The molecule has 2 aromatic carbocycles. The van der Waals surface area contributed by atoms with Crippen molar-refractivity contribution in [3.8, 4) is 5.75 Å². The molecule has 1 N–H and O–H groups in total. The summed E-state index contributed by atoms with van der Waals surface area (Å²) in [6, 6.07) is 10.9. The fraction of sp³-hybridized carbons (Fsp3) is 0.294. The van der Waals surface area contributed by atoms with Gasteiger partial charge in [0.15, 0.2) is 0 Å². The lowest BCUT2D eigenvalue weighted by Gasteiger charge is -2.19. The highest BCUT2D eigenvalue weighted by molar-refractivity contribution is 6.36. The van der Waals surface area contributed by atoms with Crippen LogP contribution in [0.4, 0.5) is 0 Å². The second-order valence-electron chi connectivity index (χ2n) is 5.97. The first-order chi connectivity index (χ1) is 9.90. The number of aliphatic hydroxyl groups excluding tert-OH is 1. The molecular weight excluding hydrogens is 307 g/mol. The highest BCUT2D eigenvalue weighted by Crippen LogP contribution is 2.41. The van der Waals surface area contributed by atoms with Crippen LogP contribution in [0.2, 0.25) is 10.0 Å². The van der Waals surface area contributed by atoms with E-state index in [9.17, 15) is 5.11 Å². The Bertz CT molecular complexity index is 675. The Hall–Kier alpha value is -1.22. The fourth-order valence-corrected chi connectivity index (χ4v) is 3.25. The molecule has 4 heteroatoms. The normalized spacial score (nSPS) is 17.2. The third-order valence-electron chi connectivity index (χ3n) is 3.91. The van der Waals surface area contributed by atoms with Gasteiger partial charge in [0.2, 0.25) is 0 Å². The number of halogens is 2. The van der Waals surface area contributed by atoms with Crippen LogP contribution < -0.4 is 4.74 Å². The van der Waals surface area contributed by atoms with E-state index in [0.29, 0.717) is 22.2 Å². The van der Waals surface area contributed by atoms with Crippen molar-refractivity contribution in [1.82, 2.24) is 0 Å². The maximum atomic E-state index is 10.6. The molecule has 0 saturated carbocycles. The zero-order valence-corrected chi connectivity index (χ0v) is 13.4. The Morgan fingerprint density at radius 2 is 1.81 bits per heavy atom. The molecule has 1 atom stereocenters. The van der Waals surface area contributed by atoms with Gasteiger partial charge in [-0.1, -0.05) is 49.2 Å². The molecule has 1 aliphatic heterocycles. The first-order valence-electron chi connectivity index (χ1n) is 6.79. The Balaban J connectivity index is 2.06. The van der Waals surface area contributed by atoms with Crippen molar-refractivity contribution < 1.29 is 9.84 Å². The van der Waals surface area contributed by atoms with Crippen LogP contribution in [0, 0.1) is 0 Å². The molecule has 0 aliphatic carbocycles. The van der Waals surface area contributed by atoms with Gasteiger partial charge in [-0.2, -0.15) is 0 Å². The zero-order valence-electron chi connectivity index (χ0n) is 11.9. The summed E-state index contributed by atoms with van der Waals surface area (Å²) in [5, 5.41) is 11.6. The van der Waals surface area contributed by atoms with Gasteiger partial charge in [-0.15, -0.1) is 0 Å². The van der Waals surface area contributed by atoms with Crippen LogP contribution in [0.1, 0.15) is 36.6 Å². The number of hydrogen-bond acceptors (Lipinski definition) is 2. The zero-order chi connectivity index (χ0) is 15.2. The van der Waals surface area contributed by atoms with Crippen LogP contribution >= 0.6 is 23.2 Å². The molecule has 21 heavy (non-hydrogen) atoms. The van der Waals surface area contributed by atoms with E-state index in [0.717, 1.165) is 16.9 Å². The summed E-state index contributed by atoms with van der Waals surface area (Å²) in [4.78, 5) is 0. The molecule has 1 unspecified atom stereocenters. The summed E-state index contributed by atoms with van der Waals surface area (Å²) < 4.78 is 5.67. The molecule has 0 amide bonds. The summed E-state index contributed by atoms with van der Waals surface area (Å²) in [6.45, 7) is 4.89. The van der Waals surface area contributed by atoms with Crippen LogP contribution in [0.15, 0.2) is 36.4 Å². The molecule has 0 radical (unpaired) electrons. The molecule has 2 aromatic rings. The Kier molecular flexibility index (Phi) is 3.64. The highest BCUT2D eigenvalue weighted by atomic mass is 35.5. The van der Waals surface area contributed by atoms with Crippen molar-refractivity contribution in [2.75, 3.05) is 6.61 Å². The van der Waals surface area contributed by atoms with Crippen molar-refractivity contribution in [2.24, 2.45) is 0 Å². The summed E-state index contributed by atoms with van der Waals surface area (Å²) >= 11 is 12.4. The molecule has 3 rings (SSSR count). The SMILES string of the molecule is CC1(C)COc2ccc(C(O)c3c(Cl)cccc3Cl)cc21. The topological polar surface area (TPSA) is 29.5 Å². The Morgan fingerprint density at radius 3 is 2.48 bits per heavy atom. The number of fused-ring (bicyclic) bond motifs is 1. The first kappa shape index (κ1) is 14.7. The second-order valence-corrected chi connectivity index (χ2v) is 6.78. The average Bonchev–Trinajstić information content (AvgIpc) is 2.74. The maximum Gasteiger partial charge on any atom is 0.123 e. The summed E-state index contributed by atoms with van der Waals surface area (Å²) in [5.74, 6) is 0.876. The smallest absolute Gasteiger partial charge is 0.123 e.